The fraction of sp³-hybridized carbons (Fsp3) is 0.0800. The summed E-state index contributed by atoms with van der Waals surface area (Å²) in [6.45, 7) is 0.336. The van der Waals surface area contributed by atoms with Gasteiger partial charge in [-0.15, -0.1) is 23.1 Å². The summed E-state index contributed by atoms with van der Waals surface area (Å²) in [5, 5.41) is 14.0. The molecule has 0 spiro atoms. The number of thiazole rings is 1. The van der Waals surface area contributed by atoms with Crippen LogP contribution < -0.4 is 10.1 Å². The fourth-order valence-corrected chi connectivity index (χ4v) is 4.62. The van der Waals surface area contributed by atoms with Crippen molar-refractivity contribution in [2.75, 3.05) is 5.32 Å². The zero-order valence-electron chi connectivity index (χ0n) is 17.0. The number of anilines is 1. The van der Waals surface area contributed by atoms with Crippen LogP contribution in [-0.2, 0) is 12.4 Å². The van der Waals surface area contributed by atoms with E-state index in [1.165, 1.54) is 0 Å². The van der Waals surface area contributed by atoms with Crippen LogP contribution in [0, 0.1) is 11.3 Å². The number of rotatable bonds is 8. The number of ether oxygens (including phenoxy) is 1. The monoisotopic (exact) mass is 457 g/mol. The van der Waals surface area contributed by atoms with Crippen molar-refractivity contribution in [2.45, 2.75) is 17.3 Å². The molecule has 0 aliphatic carbocycles. The van der Waals surface area contributed by atoms with Crippen molar-refractivity contribution in [2.24, 2.45) is 0 Å². The molecular formula is C25H19N3O2S2. The van der Waals surface area contributed by atoms with Gasteiger partial charge in [-0.05, 0) is 42.0 Å². The third-order valence-corrected chi connectivity index (χ3v) is 6.29. The Labute approximate surface area is 194 Å². The van der Waals surface area contributed by atoms with Gasteiger partial charge >= 0.3 is 0 Å². The van der Waals surface area contributed by atoms with E-state index in [2.05, 4.69) is 16.4 Å². The van der Waals surface area contributed by atoms with E-state index in [9.17, 15) is 4.79 Å². The van der Waals surface area contributed by atoms with Crippen LogP contribution >= 0.6 is 23.1 Å². The summed E-state index contributed by atoms with van der Waals surface area (Å²) >= 11 is 3.15. The van der Waals surface area contributed by atoms with Crippen LogP contribution in [0.15, 0.2) is 88.6 Å². The lowest BCUT2D eigenvalue weighted by molar-refractivity contribution is 0.102. The van der Waals surface area contributed by atoms with E-state index in [4.69, 9.17) is 10.00 Å². The molecule has 0 radical (unpaired) electrons. The number of thioether (sulfide) groups is 1. The second kappa shape index (κ2) is 10.6. The molecule has 4 aromatic rings. The maximum absolute atomic E-state index is 12.9. The Morgan fingerprint density at radius 2 is 1.97 bits per heavy atom. The lowest BCUT2D eigenvalue weighted by Crippen LogP contribution is -2.13. The van der Waals surface area contributed by atoms with Gasteiger partial charge in [0.25, 0.3) is 5.91 Å². The van der Waals surface area contributed by atoms with E-state index in [0.29, 0.717) is 34.9 Å². The van der Waals surface area contributed by atoms with E-state index < -0.39 is 0 Å². The Bertz CT molecular complexity index is 1250. The number of carbonyl (C=O) groups excluding carboxylic acids is 1. The third-order valence-electron chi connectivity index (χ3n) is 4.54. The van der Waals surface area contributed by atoms with Gasteiger partial charge in [-0.3, -0.25) is 4.79 Å². The fourth-order valence-electron chi connectivity index (χ4n) is 3.00. The van der Waals surface area contributed by atoms with E-state index >= 15 is 0 Å². The molecule has 5 nitrogen and oxygen atoms in total. The highest BCUT2D eigenvalue weighted by atomic mass is 32.2. The highest BCUT2D eigenvalue weighted by molar-refractivity contribution is 7.98. The van der Waals surface area contributed by atoms with E-state index in [0.717, 1.165) is 16.2 Å². The van der Waals surface area contributed by atoms with Gasteiger partial charge in [-0.25, -0.2) is 4.98 Å². The van der Waals surface area contributed by atoms with Gasteiger partial charge in [0.1, 0.15) is 12.4 Å². The Morgan fingerprint density at radius 1 is 1.09 bits per heavy atom. The molecule has 0 atom stereocenters. The van der Waals surface area contributed by atoms with Crippen molar-refractivity contribution >= 4 is 34.7 Å². The standard InChI is InChI=1S/C25H19N3O2S2/c26-13-18-5-3-6-19(11-18)14-30-22-8-4-7-20(12-22)28-25(29)23-9-1-2-10-24(23)32-16-21-15-31-17-27-21/h1-12,15,17H,14,16H2,(H,28,29). The molecular weight excluding hydrogens is 438 g/mol. The average Bonchev–Trinajstić information content (AvgIpc) is 3.36. The first-order valence-electron chi connectivity index (χ1n) is 9.83. The van der Waals surface area contributed by atoms with Crippen molar-refractivity contribution in [3.05, 3.63) is 106 Å². The van der Waals surface area contributed by atoms with Crippen molar-refractivity contribution < 1.29 is 9.53 Å². The average molecular weight is 458 g/mol. The Morgan fingerprint density at radius 3 is 2.81 bits per heavy atom. The van der Waals surface area contributed by atoms with E-state index in [-0.39, 0.29) is 5.91 Å². The Kier molecular flexibility index (Phi) is 7.18. The summed E-state index contributed by atoms with van der Waals surface area (Å²) < 4.78 is 5.85. The van der Waals surface area contributed by atoms with Crippen LogP contribution in [-0.4, -0.2) is 10.9 Å². The number of hydrogen-bond acceptors (Lipinski definition) is 6. The van der Waals surface area contributed by atoms with Gasteiger partial charge in [-0.2, -0.15) is 5.26 Å². The van der Waals surface area contributed by atoms with Crippen LogP contribution in [0.4, 0.5) is 5.69 Å². The molecule has 1 N–H and O–H groups in total. The number of nitrogens with zero attached hydrogens (tertiary/aromatic N) is 2. The molecule has 4 rings (SSSR count). The van der Waals surface area contributed by atoms with Gasteiger partial charge in [0.2, 0.25) is 0 Å². The zero-order valence-corrected chi connectivity index (χ0v) is 18.7. The molecule has 0 unspecified atom stereocenters. The number of amides is 1. The number of nitrogens with one attached hydrogen (secondary N) is 1. The lowest BCUT2D eigenvalue weighted by atomic mass is 10.1. The molecule has 158 valence electrons. The van der Waals surface area contributed by atoms with E-state index in [1.807, 2.05) is 65.5 Å². The van der Waals surface area contributed by atoms with Crippen LogP contribution in [0.1, 0.15) is 27.2 Å². The first kappa shape index (κ1) is 21.6. The minimum atomic E-state index is -0.176. The SMILES string of the molecule is N#Cc1cccc(COc2cccc(NC(=O)c3ccccc3SCc3cscn3)c2)c1. The first-order chi connectivity index (χ1) is 15.7. The van der Waals surface area contributed by atoms with Gasteiger partial charge < -0.3 is 10.1 Å². The van der Waals surface area contributed by atoms with Gasteiger partial charge in [0.15, 0.2) is 0 Å². The van der Waals surface area contributed by atoms with Crippen molar-refractivity contribution in [3.8, 4) is 11.8 Å². The number of benzene rings is 3. The quantitative estimate of drug-likeness (QED) is 0.322. The molecule has 7 heteroatoms. The lowest BCUT2D eigenvalue weighted by Gasteiger charge is -2.11. The molecule has 32 heavy (non-hydrogen) atoms. The van der Waals surface area contributed by atoms with Crippen molar-refractivity contribution in [1.29, 1.82) is 5.26 Å². The third kappa shape index (κ3) is 5.76. The van der Waals surface area contributed by atoms with Gasteiger partial charge in [0.05, 0.1) is 28.4 Å². The Balaban J connectivity index is 1.41. The largest absolute Gasteiger partial charge is 0.489 e. The van der Waals surface area contributed by atoms with Crippen LogP contribution in [0.3, 0.4) is 0 Å². The second-order valence-electron chi connectivity index (χ2n) is 6.85. The van der Waals surface area contributed by atoms with E-state index in [1.54, 1.807) is 41.3 Å². The molecule has 0 aliphatic heterocycles. The molecule has 1 amide bonds. The normalized spacial score (nSPS) is 10.3. The number of nitriles is 1. The van der Waals surface area contributed by atoms with Crippen molar-refractivity contribution in [3.63, 3.8) is 0 Å². The highest BCUT2D eigenvalue weighted by Gasteiger charge is 2.12. The minimum Gasteiger partial charge on any atom is -0.489 e. The Hall–Kier alpha value is -3.60. The molecule has 1 aromatic heterocycles. The summed E-state index contributed by atoms with van der Waals surface area (Å²) in [4.78, 5) is 18.2. The predicted octanol–water partition coefficient (Wildman–Crippen LogP) is 6.14. The number of hydrogen-bond donors (Lipinski definition) is 1. The van der Waals surface area contributed by atoms with Crippen LogP contribution in [0.5, 0.6) is 5.75 Å². The maximum Gasteiger partial charge on any atom is 0.256 e. The molecule has 0 saturated carbocycles. The predicted molar refractivity (Wildman–Crippen MR) is 128 cm³/mol. The molecule has 0 bridgehead atoms. The van der Waals surface area contributed by atoms with Crippen molar-refractivity contribution in [1.82, 2.24) is 4.98 Å². The second-order valence-corrected chi connectivity index (χ2v) is 8.58. The molecule has 0 aliphatic rings. The molecule has 1 heterocycles. The summed E-state index contributed by atoms with van der Waals surface area (Å²) in [5.74, 6) is 1.17. The summed E-state index contributed by atoms with van der Waals surface area (Å²) in [7, 11) is 0. The summed E-state index contributed by atoms with van der Waals surface area (Å²) in [5.41, 5.74) is 5.58. The topological polar surface area (TPSA) is 75.0 Å². The minimum absolute atomic E-state index is 0.176. The molecule has 0 fully saturated rings. The first-order valence-corrected chi connectivity index (χ1v) is 11.8. The molecule has 3 aromatic carbocycles. The van der Waals surface area contributed by atoms with Crippen LogP contribution in [0.2, 0.25) is 0 Å². The van der Waals surface area contributed by atoms with Gasteiger partial charge in [-0.1, -0.05) is 30.3 Å². The van der Waals surface area contributed by atoms with Crippen LogP contribution in [0.25, 0.3) is 0 Å². The molecule has 0 saturated heterocycles. The summed E-state index contributed by atoms with van der Waals surface area (Å²) in [6.07, 6.45) is 0. The number of aromatic nitrogens is 1. The maximum atomic E-state index is 12.9. The number of carbonyl (C=O) groups is 1. The summed E-state index contributed by atoms with van der Waals surface area (Å²) in [6, 6.07) is 24.3. The highest BCUT2D eigenvalue weighted by Crippen LogP contribution is 2.27. The van der Waals surface area contributed by atoms with Gasteiger partial charge in [0, 0.05) is 27.8 Å². The zero-order chi connectivity index (χ0) is 22.2. The smallest absolute Gasteiger partial charge is 0.256 e.